The summed E-state index contributed by atoms with van der Waals surface area (Å²) in [5.41, 5.74) is 1.66. The minimum absolute atomic E-state index is 0.125. The van der Waals surface area contributed by atoms with Gasteiger partial charge in [0.25, 0.3) is 0 Å². The van der Waals surface area contributed by atoms with Gasteiger partial charge >= 0.3 is 5.97 Å². The molecule has 2 saturated carbocycles. The second-order valence-corrected chi connectivity index (χ2v) is 8.82. The van der Waals surface area contributed by atoms with Gasteiger partial charge in [0.15, 0.2) is 5.78 Å². The quantitative estimate of drug-likeness (QED) is 0.697. The lowest BCUT2D eigenvalue weighted by molar-refractivity contribution is -0.155. The molecule has 0 aromatic heterocycles. The highest BCUT2D eigenvalue weighted by atomic mass is 16.5. The van der Waals surface area contributed by atoms with Crippen molar-refractivity contribution in [2.24, 2.45) is 35.0 Å². The van der Waals surface area contributed by atoms with Crippen LogP contribution in [0.1, 0.15) is 66.7 Å². The first kappa shape index (κ1) is 17.7. The van der Waals surface area contributed by atoms with E-state index in [1.165, 1.54) is 31.8 Å². The van der Waals surface area contributed by atoms with Crippen LogP contribution in [0.2, 0.25) is 0 Å². The Balaban J connectivity index is 1.95. The van der Waals surface area contributed by atoms with Gasteiger partial charge < -0.3 is 4.74 Å². The van der Waals surface area contributed by atoms with Gasteiger partial charge in [0.1, 0.15) is 6.10 Å². The van der Waals surface area contributed by atoms with Crippen molar-refractivity contribution in [3.8, 4) is 0 Å². The Kier molecular flexibility index (Phi) is 4.65. The van der Waals surface area contributed by atoms with Crippen LogP contribution in [0.15, 0.2) is 11.6 Å². The van der Waals surface area contributed by atoms with Gasteiger partial charge in [-0.25, -0.2) is 0 Å². The Morgan fingerprint density at radius 1 is 1.33 bits per heavy atom. The molecule has 0 saturated heterocycles. The van der Waals surface area contributed by atoms with Gasteiger partial charge in [-0.3, -0.25) is 9.59 Å². The number of hydrogen-bond donors (Lipinski definition) is 0. The minimum Gasteiger partial charge on any atom is -0.461 e. The summed E-state index contributed by atoms with van der Waals surface area (Å²) < 4.78 is 5.63. The van der Waals surface area contributed by atoms with E-state index in [9.17, 15) is 9.59 Å². The molecule has 3 rings (SSSR count). The van der Waals surface area contributed by atoms with Crippen molar-refractivity contribution >= 4 is 11.8 Å². The fourth-order valence-electron chi connectivity index (χ4n) is 6.09. The van der Waals surface area contributed by atoms with Gasteiger partial charge in [0.05, 0.1) is 0 Å². The fraction of sp³-hybridized carbons (Fsp3) is 0.810. The lowest BCUT2D eigenvalue weighted by atomic mass is 9.48. The zero-order valence-corrected chi connectivity index (χ0v) is 15.8. The predicted molar refractivity (Wildman–Crippen MR) is 94.3 cm³/mol. The number of esters is 1. The van der Waals surface area contributed by atoms with Crippen LogP contribution in [0.3, 0.4) is 0 Å². The summed E-state index contributed by atoms with van der Waals surface area (Å²) in [5.74, 6) is 2.61. The molecule has 3 nitrogen and oxygen atoms in total. The topological polar surface area (TPSA) is 43.4 Å². The maximum Gasteiger partial charge on any atom is 0.302 e. The van der Waals surface area contributed by atoms with Crippen LogP contribution in [0.25, 0.3) is 0 Å². The minimum atomic E-state index is -0.258. The van der Waals surface area contributed by atoms with E-state index in [0.29, 0.717) is 35.5 Å². The van der Waals surface area contributed by atoms with Crippen LogP contribution in [-0.4, -0.2) is 17.9 Å². The molecule has 1 unspecified atom stereocenters. The van der Waals surface area contributed by atoms with Crippen LogP contribution in [0.5, 0.6) is 0 Å². The number of rotatable bonds is 2. The summed E-state index contributed by atoms with van der Waals surface area (Å²) in [6.07, 6.45) is 6.64. The molecular formula is C21H32O3. The third-order valence-corrected chi connectivity index (χ3v) is 7.60. The van der Waals surface area contributed by atoms with E-state index in [0.717, 1.165) is 6.42 Å². The molecule has 0 N–H and O–H groups in total. The Morgan fingerprint density at radius 2 is 2.04 bits per heavy atom. The maximum atomic E-state index is 12.1. The van der Waals surface area contributed by atoms with Gasteiger partial charge in [-0.1, -0.05) is 39.7 Å². The maximum absolute atomic E-state index is 12.1. The molecule has 0 spiro atoms. The van der Waals surface area contributed by atoms with E-state index >= 15 is 0 Å². The number of hydrogen-bond acceptors (Lipinski definition) is 3. The molecule has 0 heterocycles. The van der Waals surface area contributed by atoms with E-state index in [1.807, 2.05) is 6.08 Å². The first-order valence-corrected chi connectivity index (χ1v) is 9.67. The summed E-state index contributed by atoms with van der Waals surface area (Å²) >= 11 is 0. The highest BCUT2D eigenvalue weighted by Crippen LogP contribution is 2.59. The van der Waals surface area contributed by atoms with Gasteiger partial charge in [-0.05, 0) is 54.4 Å². The third kappa shape index (κ3) is 2.84. The molecule has 0 aromatic rings. The second-order valence-electron chi connectivity index (χ2n) is 8.82. The molecule has 3 aliphatic carbocycles. The standard InChI is InChI=1S/C21H32O3/c1-6-21(5)8-7-17-19(13(21)3)12(2)9-15-10-16(23)11-18(20(15)17)24-14(4)22/h10,12-13,17-20H,6-9,11H2,1-5H3/t12-,13+,17+,18?,19+,20+,21+/m1/s1. The fourth-order valence-corrected chi connectivity index (χ4v) is 6.09. The number of fused-ring (bicyclic) bond motifs is 3. The Labute approximate surface area is 146 Å². The Hall–Kier alpha value is -1.12. The number of ether oxygens (including phenoxy) is 1. The zero-order valence-electron chi connectivity index (χ0n) is 15.8. The first-order valence-electron chi connectivity index (χ1n) is 9.67. The van der Waals surface area contributed by atoms with Crippen molar-refractivity contribution in [2.45, 2.75) is 72.8 Å². The zero-order chi connectivity index (χ0) is 17.6. The SMILES string of the molecule is CC[C@@]1(C)CC[C@H]2[C@@H]([C@H](C)CC3=CC(=O)CC(OC(C)=O)[C@@H]32)[C@@H]1C. The van der Waals surface area contributed by atoms with Crippen molar-refractivity contribution in [1.29, 1.82) is 0 Å². The van der Waals surface area contributed by atoms with Crippen molar-refractivity contribution in [2.75, 3.05) is 0 Å². The predicted octanol–water partition coefficient (Wildman–Crippen LogP) is 4.55. The molecule has 0 radical (unpaired) electrons. The Bertz CT molecular complexity index is 563. The molecule has 3 heteroatoms. The molecule has 2 fully saturated rings. The lowest BCUT2D eigenvalue weighted by Crippen LogP contribution is -2.52. The van der Waals surface area contributed by atoms with E-state index in [1.54, 1.807) is 0 Å². The van der Waals surface area contributed by atoms with Crippen LogP contribution in [-0.2, 0) is 14.3 Å². The van der Waals surface area contributed by atoms with E-state index in [2.05, 4.69) is 27.7 Å². The molecule has 3 aliphatic rings. The highest BCUT2D eigenvalue weighted by Gasteiger charge is 2.53. The average molecular weight is 332 g/mol. The van der Waals surface area contributed by atoms with Crippen molar-refractivity contribution in [3.05, 3.63) is 11.6 Å². The van der Waals surface area contributed by atoms with E-state index in [-0.39, 0.29) is 23.8 Å². The largest absolute Gasteiger partial charge is 0.461 e. The van der Waals surface area contributed by atoms with Crippen molar-refractivity contribution in [1.82, 2.24) is 0 Å². The number of allylic oxidation sites excluding steroid dienone is 1. The molecule has 0 aliphatic heterocycles. The van der Waals surface area contributed by atoms with Crippen LogP contribution in [0.4, 0.5) is 0 Å². The molecule has 0 aromatic carbocycles. The van der Waals surface area contributed by atoms with Crippen LogP contribution >= 0.6 is 0 Å². The third-order valence-electron chi connectivity index (χ3n) is 7.60. The molecular weight excluding hydrogens is 300 g/mol. The number of ketones is 1. The van der Waals surface area contributed by atoms with Crippen molar-refractivity contribution < 1.29 is 14.3 Å². The normalized spacial score (nSPS) is 45.0. The monoisotopic (exact) mass is 332 g/mol. The summed E-state index contributed by atoms with van der Waals surface area (Å²) in [6.45, 7) is 11.0. The van der Waals surface area contributed by atoms with Crippen molar-refractivity contribution in [3.63, 3.8) is 0 Å². The summed E-state index contributed by atoms with van der Waals surface area (Å²) in [5, 5.41) is 0. The smallest absolute Gasteiger partial charge is 0.302 e. The molecule has 0 bridgehead atoms. The summed E-state index contributed by atoms with van der Waals surface area (Å²) in [6, 6.07) is 0. The van der Waals surface area contributed by atoms with Crippen LogP contribution in [0, 0.1) is 35.0 Å². The van der Waals surface area contributed by atoms with Crippen LogP contribution < -0.4 is 0 Å². The summed E-state index contributed by atoms with van der Waals surface area (Å²) in [7, 11) is 0. The number of carbonyl (C=O) groups excluding carboxylic acids is 2. The molecule has 0 amide bonds. The second kappa shape index (κ2) is 6.31. The van der Waals surface area contributed by atoms with Gasteiger partial charge in [0.2, 0.25) is 0 Å². The molecule has 134 valence electrons. The van der Waals surface area contributed by atoms with Gasteiger partial charge in [-0.15, -0.1) is 0 Å². The molecule has 7 atom stereocenters. The Morgan fingerprint density at radius 3 is 2.67 bits per heavy atom. The molecule has 24 heavy (non-hydrogen) atoms. The highest BCUT2D eigenvalue weighted by molar-refractivity contribution is 5.92. The first-order chi connectivity index (χ1) is 11.3. The lowest BCUT2D eigenvalue weighted by Gasteiger charge is -2.57. The average Bonchev–Trinajstić information content (AvgIpc) is 2.49. The van der Waals surface area contributed by atoms with Gasteiger partial charge in [-0.2, -0.15) is 0 Å². The van der Waals surface area contributed by atoms with E-state index in [4.69, 9.17) is 4.74 Å². The number of carbonyl (C=O) groups is 2. The van der Waals surface area contributed by atoms with Gasteiger partial charge in [0, 0.05) is 19.3 Å². The summed E-state index contributed by atoms with van der Waals surface area (Å²) in [4.78, 5) is 23.7. The van der Waals surface area contributed by atoms with E-state index < -0.39 is 0 Å².